The first-order valence-corrected chi connectivity index (χ1v) is 10.8. The minimum absolute atomic E-state index is 0.143. The number of hydrogen-bond donors (Lipinski definition) is 3. The standard InChI is InChI=1S/C22H21N3O5S/c1-12(26)24-25-20(28)18-14-8-3-2-4-10-17(14)31-21(18)23-19(27)15-11-13-7-5-6-9-16(13)30-22(15)29/h5-7,9,11H,2-4,8,10H2,1H3,(H,23,27)(H,24,26)(H,25,28). The molecule has 0 atom stereocenters. The third kappa shape index (κ3) is 4.36. The molecule has 4 rings (SSSR count). The van der Waals surface area contributed by atoms with Gasteiger partial charge >= 0.3 is 5.63 Å². The lowest BCUT2D eigenvalue weighted by atomic mass is 10.0. The van der Waals surface area contributed by atoms with Crippen LogP contribution in [0.2, 0.25) is 0 Å². The summed E-state index contributed by atoms with van der Waals surface area (Å²) in [6.07, 6.45) is 4.53. The number of hydrazine groups is 1. The quantitative estimate of drug-likeness (QED) is 0.329. The van der Waals surface area contributed by atoms with Crippen molar-refractivity contribution in [3.05, 3.63) is 62.3 Å². The Morgan fingerprint density at radius 3 is 2.58 bits per heavy atom. The summed E-state index contributed by atoms with van der Waals surface area (Å²) in [6.45, 7) is 1.29. The van der Waals surface area contributed by atoms with Crippen LogP contribution in [0, 0.1) is 0 Å². The molecule has 31 heavy (non-hydrogen) atoms. The Morgan fingerprint density at radius 1 is 1.00 bits per heavy atom. The second kappa shape index (κ2) is 8.73. The number of nitrogens with one attached hydrogen (secondary N) is 3. The summed E-state index contributed by atoms with van der Waals surface area (Å²) in [7, 11) is 0. The zero-order valence-electron chi connectivity index (χ0n) is 16.9. The maximum atomic E-state index is 12.9. The second-order valence-electron chi connectivity index (χ2n) is 7.34. The molecule has 1 aliphatic rings. The second-order valence-corrected chi connectivity index (χ2v) is 8.45. The van der Waals surface area contributed by atoms with Gasteiger partial charge in [-0.15, -0.1) is 11.3 Å². The SMILES string of the molecule is CC(=O)NNC(=O)c1c(NC(=O)c2cc3ccccc3oc2=O)sc2c1CCCCC2. The van der Waals surface area contributed by atoms with Gasteiger partial charge in [0.1, 0.15) is 16.1 Å². The predicted octanol–water partition coefficient (Wildman–Crippen LogP) is 3.16. The van der Waals surface area contributed by atoms with Crippen LogP contribution in [0.5, 0.6) is 0 Å². The summed E-state index contributed by atoms with van der Waals surface area (Å²) in [5, 5.41) is 3.70. The lowest BCUT2D eigenvalue weighted by Gasteiger charge is -2.10. The van der Waals surface area contributed by atoms with Crippen LogP contribution in [0.3, 0.4) is 0 Å². The smallest absolute Gasteiger partial charge is 0.349 e. The Bertz CT molecular complexity index is 1240. The average Bonchev–Trinajstić information content (AvgIpc) is 2.91. The van der Waals surface area contributed by atoms with E-state index < -0.39 is 23.3 Å². The minimum Gasteiger partial charge on any atom is -0.422 e. The molecule has 1 aromatic carbocycles. The van der Waals surface area contributed by atoms with Crippen LogP contribution >= 0.6 is 11.3 Å². The Balaban J connectivity index is 1.70. The van der Waals surface area contributed by atoms with Crippen molar-refractivity contribution >= 4 is 45.0 Å². The van der Waals surface area contributed by atoms with Gasteiger partial charge in [-0.05, 0) is 43.4 Å². The van der Waals surface area contributed by atoms with Crippen LogP contribution in [0.15, 0.2) is 39.5 Å². The Hall–Kier alpha value is -3.46. The van der Waals surface area contributed by atoms with Gasteiger partial charge in [0.15, 0.2) is 0 Å². The van der Waals surface area contributed by atoms with E-state index in [-0.39, 0.29) is 5.56 Å². The molecule has 0 fully saturated rings. The van der Waals surface area contributed by atoms with E-state index in [4.69, 9.17) is 4.42 Å². The number of anilines is 1. The zero-order valence-corrected chi connectivity index (χ0v) is 17.7. The highest BCUT2D eigenvalue weighted by atomic mass is 32.1. The number of amides is 3. The fourth-order valence-electron chi connectivity index (χ4n) is 3.67. The highest BCUT2D eigenvalue weighted by Crippen LogP contribution is 2.37. The number of thiophene rings is 1. The van der Waals surface area contributed by atoms with Crippen molar-refractivity contribution in [1.82, 2.24) is 10.9 Å². The van der Waals surface area contributed by atoms with Crippen LogP contribution in [0.1, 0.15) is 57.3 Å². The van der Waals surface area contributed by atoms with E-state index in [1.807, 2.05) is 0 Å². The molecule has 3 N–H and O–H groups in total. The van der Waals surface area contributed by atoms with Gasteiger partial charge in [-0.25, -0.2) is 4.79 Å². The fourth-order valence-corrected chi connectivity index (χ4v) is 4.95. The predicted molar refractivity (Wildman–Crippen MR) is 117 cm³/mol. The number of benzene rings is 1. The molecule has 3 aromatic rings. The lowest BCUT2D eigenvalue weighted by molar-refractivity contribution is -0.119. The van der Waals surface area contributed by atoms with Gasteiger partial charge in [-0.2, -0.15) is 0 Å². The van der Waals surface area contributed by atoms with Gasteiger partial charge in [0, 0.05) is 17.2 Å². The molecule has 2 heterocycles. The molecule has 1 aliphatic carbocycles. The number of fused-ring (bicyclic) bond motifs is 2. The summed E-state index contributed by atoms with van der Waals surface area (Å²) in [6, 6.07) is 8.40. The molecule has 0 bridgehead atoms. The van der Waals surface area contributed by atoms with Crippen LogP contribution in [-0.2, 0) is 17.6 Å². The molecule has 0 saturated carbocycles. The van der Waals surface area contributed by atoms with Crippen LogP contribution in [-0.4, -0.2) is 17.7 Å². The van der Waals surface area contributed by atoms with E-state index in [9.17, 15) is 19.2 Å². The highest BCUT2D eigenvalue weighted by molar-refractivity contribution is 7.17. The highest BCUT2D eigenvalue weighted by Gasteiger charge is 2.27. The molecule has 2 aromatic heterocycles. The largest absolute Gasteiger partial charge is 0.422 e. The van der Waals surface area contributed by atoms with E-state index >= 15 is 0 Å². The molecular formula is C22H21N3O5S. The van der Waals surface area contributed by atoms with Gasteiger partial charge in [-0.3, -0.25) is 25.2 Å². The normalized spacial score (nSPS) is 13.2. The third-order valence-corrected chi connectivity index (χ3v) is 6.32. The number of carbonyl (C=O) groups excluding carboxylic acids is 3. The number of hydrogen-bond acceptors (Lipinski definition) is 6. The van der Waals surface area contributed by atoms with Crippen molar-refractivity contribution in [2.45, 2.75) is 39.0 Å². The molecule has 0 aliphatic heterocycles. The van der Waals surface area contributed by atoms with E-state index in [2.05, 4.69) is 16.2 Å². The summed E-state index contributed by atoms with van der Waals surface area (Å²) in [4.78, 5) is 50.4. The van der Waals surface area contributed by atoms with E-state index in [1.165, 1.54) is 24.3 Å². The summed E-state index contributed by atoms with van der Waals surface area (Å²) in [5.41, 5.74) is 5.37. The van der Waals surface area contributed by atoms with Gasteiger partial charge in [0.05, 0.1) is 5.56 Å². The number of para-hydroxylation sites is 1. The Labute approximate surface area is 181 Å². The van der Waals surface area contributed by atoms with E-state index in [1.54, 1.807) is 24.3 Å². The monoisotopic (exact) mass is 439 g/mol. The minimum atomic E-state index is -0.751. The molecule has 8 nitrogen and oxygen atoms in total. The average molecular weight is 439 g/mol. The van der Waals surface area contributed by atoms with Crippen molar-refractivity contribution in [3.63, 3.8) is 0 Å². The molecule has 0 saturated heterocycles. The van der Waals surface area contributed by atoms with Crippen molar-refractivity contribution in [2.24, 2.45) is 0 Å². The summed E-state index contributed by atoms with van der Waals surface area (Å²) in [5.74, 6) is -1.56. The maximum absolute atomic E-state index is 12.9. The molecule has 3 amide bonds. The zero-order chi connectivity index (χ0) is 22.0. The molecule has 0 radical (unpaired) electrons. The van der Waals surface area contributed by atoms with Crippen LogP contribution in [0.4, 0.5) is 5.00 Å². The first kappa shape index (κ1) is 20.8. The fraction of sp³-hybridized carbons (Fsp3) is 0.273. The molecule has 9 heteroatoms. The van der Waals surface area contributed by atoms with Crippen LogP contribution < -0.4 is 21.8 Å². The van der Waals surface area contributed by atoms with E-state index in [0.29, 0.717) is 28.0 Å². The van der Waals surface area contributed by atoms with Gasteiger partial charge < -0.3 is 9.73 Å². The van der Waals surface area contributed by atoms with Crippen molar-refractivity contribution in [3.8, 4) is 0 Å². The maximum Gasteiger partial charge on any atom is 0.349 e. The Morgan fingerprint density at radius 2 is 1.77 bits per heavy atom. The molecule has 160 valence electrons. The van der Waals surface area contributed by atoms with Crippen molar-refractivity contribution in [1.29, 1.82) is 0 Å². The number of aryl methyl sites for hydroxylation is 1. The van der Waals surface area contributed by atoms with Gasteiger partial charge in [-0.1, -0.05) is 24.6 Å². The van der Waals surface area contributed by atoms with Crippen molar-refractivity contribution < 1.29 is 18.8 Å². The lowest BCUT2D eigenvalue weighted by Crippen LogP contribution is -2.40. The van der Waals surface area contributed by atoms with Gasteiger partial charge in [0.25, 0.3) is 11.8 Å². The van der Waals surface area contributed by atoms with Gasteiger partial charge in [0.2, 0.25) is 5.91 Å². The topological polar surface area (TPSA) is 118 Å². The molecule has 0 spiro atoms. The Kier molecular flexibility index (Phi) is 5.85. The first-order valence-electron chi connectivity index (χ1n) is 9.99. The molecule has 0 unspecified atom stereocenters. The number of carbonyl (C=O) groups is 3. The van der Waals surface area contributed by atoms with Crippen molar-refractivity contribution in [2.75, 3.05) is 5.32 Å². The number of rotatable bonds is 3. The summed E-state index contributed by atoms with van der Waals surface area (Å²) >= 11 is 1.33. The van der Waals surface area contributed by atoms with E-state index in [0.717, 1.165) is 36.1 Å². The third-order valence-electron chi connectivity index (χ3n) is 5.11. The first-order chi connectivity index (χ1) is 14.9. The summed E-state index contributed by atoms with van der Waals surface area (Å²) < 4.78 is 5.25. The van der Waals surface area contributed by atoms with Crippen LogP contribution in [0.25, 0.3) is 11.0 Å². The molecular weight excluding hydrogens is 418 g/mol.